The van der Waals surface area contributed by atoms with Gasteiger partial charge in [-0.15, -0.1) is 0 Å². The van der Waals surface area contributed by atoms with Gasteiger partial charge in [-0.3, -0.25) is 4.79 Å². The van der Waals surface area contributed by atoms with E-state index in [4.69, 9.17) is 0 Å². The molecule has 2 nitrogen and oxygen atoms in total. The Hall–Kier alpha value is -0.370. The Kier molecular flexibility index (Phi) is 4.82. The van der Waals surface area contributed by atoms with Gasteiger partial charge in [-0.25, -0.2) is 0 Å². The second-order valence-corrected chi connectivity index (χ2v) is 11.1. The van der Waals surface area contributed by atoms with Crippen molar-refractivity contribution in [1.82, 2.24) is 0 Å². The normalized spacial score (nSPS) is 52.3. The van der Waals surface area contributed by atoms with Gasteiger partial charge >= 0.3 is 0 Å². The quantitative estimate of drug-likeness (QED) is 0.694. The molecule has 0 radical (unpaired) electrons. The third-order valence-electron chi connectivity index (χ3n) is 10.1. The summed E-state index contributed by atoms with van der Waals surface area (Å²) in [6, 6.07) is 0. The van der Waals surface area contributed by atoms with Crippen molar-refractivity contribution in [3.05, 3.63) is 0 Å². The van der Waals surface area contributed by atoms with Crippen LogP contribution in [0.5, 0.6) is 0 Å². The van der Waals surface area contributed by atoms with Crippen molar-refractivity contribution in [3.63, 3.8) is 0 Å². The Labute approximate surface area is 160 Å². The Balaban J connectivity index is 1.58. The highest BCUT2D eigenvalue weighted by Gasteiger charge is 2.59. The first kappa shape index (κ1) is 19.0. The Morgan fingerprint density at radius 3 is 2.35 bits per heavy atom. The SMILES string of the molecule is CC(=O)[C@H]1CC[C@@]2(C)[C@@H](CC[C@H]3[C@H]2CC[C@@]2(C)[C@H]3CCC[C@H]2[C@H](C)O)C1. The van der Waals surface area contributed by atoms with Crippen LogP contribution in [0.3, 0.4) is 0 Å². The predicted molar refractivity (Wildman–Crippen MR) is 106 cm³/mol. The molecule has 0 heterocycles. The van der Waals surface area contributed by atoms with Gasteiger partial charge in [0.1, 0.15) is 5.78 Å². The van der Waals surface area contributed by atoms with Crippen LogP contribution in [0.1, 0.15) is 91.9 Å². The summed E-state index contributed by atoms with van der Waals surface area (Å²) in [5.41, 5.74) is 0.821. The van der Waals surface area contributed by atoms with Crippen LogP contribution in [0.4, 0.5) is 0 Å². The Morgan fingerprint density at radius 1 is 0.962 bits per heavy atom. The molecule has 0 spiro atoms. The van der Waals surface area contributed by atoms with Crippen molar-refractivity contribution in [2.45, 2.75) is 98.0 Å². The van der Waals surface area contributed by atoms with E-state index in [1.54, 1.807) is 0 Å². The first-order valence-corrected chi connectivity index (χ1v) is 11.5. The number of Topliss-reactive ketones (excluding diaryl/α,β-unsaturated/α-hetero) is 1. The molecule has 4 aliphatic rings. The number of hydrogen-bond acceptors (Lipinski definition) is 2. The van der Waals surface area contributed by atoms with Crippen molar-refractivity contribution in [2.75, 3.05) is 0 Å². The monoisotopic (exact) mass is 360 g/mol. The highest BCUT2D eigenvalue weighted by Crippen LogP contribution is 2.67. The molecule has 0 aromatic carbocycles. The molecule has 4 rings (SSSR count). The largest absolute Gasteiger partial charge is 0.393 e. The average Bonchev–Trinajstić information content (AvgIpc) is 2.59. The minimum atomic E-state index is -0.155. The van der Waals surface area contributed by atoms with E-state index in [9.17, 15) is 9.90 Å². The molecule has 0 unspecified atom stereocenters. The fraction of sp³-hybridized carbons (Fsp3) is 0.958. The first-order valence-electron chi connectivity index (χ1n) is 11.5. The Bertz CT molecular complexity index is 554. The lowest BCUT2D eigenvalue weighted by atomic mass is 9.41. The zero-order valence-corrected chi connectivity index (χ0v) is 17.5. The second kappa shape index (κ2) is 6.61. The fourth-order valence-corrected chi connectivity index (χ4v) is 8.66. The third kappa shape index (κ3) is 2.73. The summed E-state index contributed by atoms with van der Waals surface area (Å²) in [5, 5.41) is 10.5. The number of carbonyl (C=O) groups excluding carboxylic acids is 1. The molecule has 0 saturated heterocycles. The van der Waals surface area contributed by atoms with Crippen LogP contribution in [-0.2, 0) is 4.79 Å². The fourth-order valence-electron chi connectivity index (χ4n) is 8.66. The van der Waals surface area contributed by atoms with Crippen molar-refractivity contribution >= 4 is 5.78 Å². The number of hydrogen-bond donors (Lipinski definition) is 1. The topological polar surface area (TPSA) is 37.3 Å². The summed E-state index contributed by atoms with van der Waals surface area (Å²) >= 11 is 0. The highest BCUT2D eigenvalue weighted by atomic mass is 16.3. The van der Waals surface area contributed by atoms with E-state index in [-0.39, 0.29) is 6.10 Å². The maximum atomic E-state index is 12.0. The van der Waals surface area contributed by atoms with Gasteiger partial charge in [0.2, 0.25) is 0 Å². The van der Waals surface area contributed by atoms with E-state index in [1.807, 2.05) is 13.8 Å². The zero-order chi connectivity index (χ0) is 18.7. The Morgan fingerprint density at radius 2 is 1.65 bits per heavy atom. The lowest BCUT2D eigenvalue weighted by molar-refractivity contribution is -0.160. The molecule has 0 amide bonds. The summed E-state index contributed by atoms with van der Waals surface area (Å²) in [5.74, 6) is 4.58. The van der Waals surface area contributed by atoms with E-state index in [2.05, 4.69) is 13.8 Å². The molecule has 26 heavy (non-hydrogen) atoms. The van der Waals surface area contributed by atoms with Crippen molar-refractivity contribution in [3.8, 4) is 0 Å². The van der Waals surface area contributed by atoms with Gasteiger partial charge < -0.3 is 5.11 Å². The van der Waals surface area contributed by atoms with Crippen LogP contribution in [0.2, 0.25) is 0 Å². The van der Waals surface area contributed by atoms with Crippen LogP contribution in [0, 0.1) is 46.3 Å². The number of carbonyl (C=O) groups is 1. The van der Waals surface area contributed by atoms with E-state index in [1.165, 1.54) is 51.4 Å². The van der Waals surface area contributed by atoms with Gasteiger partial charge in [-0.05, 0) is 112 Å². The van der Waals surface area contributed by atoms with Gasteiger partial charge in [0.05, 0.1) is 6.10 Å². The lowest BCUT2D eigenvalue weighted by Crippen LogP contribution is -2.57. The van der Waals surface area contributed by atoms with Gasteiger partial charge in [0.15, 0.2) is 0 Å². The summed E-state index contributed by atoms with van der Waals surface area (Å²) in [6.07, 6.45) is 12.7. The van der Waals surface area contributed by atoms with Gasteiger partial charge in [0, 0.05) is 5.92 Å². The van der Waals surface area contributed by atoms with Crippen molar-refractivity contribution in [2.24, 2.45) is 46.3 Å². The molecule has 4 aliphatic carbocycles. The number of fused-ring (bicyclic) bond motifs is 5. The predicted octanol–water partition coefficient (Wildman–Crippen LogP) is 5.62. The maximum Gasteiger partial charge on any atom is 0.132 e. The minimum absolute atomic E-state index is 0.155. The molecule has 4 saturated carbocycles. The summed E-state index contributed by atoms with van der Waals surface area (Å²) in [6.45, 7) is 8.95. The van der Waals surface area contributed by atoms with Crippen LogP contribution < -0.4 is 0 Å². The standard InChI is InChI=1S/C24H40O2/c1-15(25)17-10-12-23(3)18(14-17)8-9-19-21-7-5-6-20(16(2)26)24(21,4)13-11-22(19)23/h16-22,26H,5-14H2,1-4H3/t16-,17-,18-,19+,20-,21-,22+,23-,24+/m0/s1. The van der Waals surface area contributed by atoms with Crippen LogP contribution >= 0.6 is 0 Å². The molecule has 4 fully saturated rings. The maximum absolute atomic E-state index is 12.0. The average molecular weight is 361 g/mol. The van der Waals surface area contributed by atoms with Crippen LogP contribution in [0.15, 0.2) is 0 Å². The smallest absolute Gasteiger partial charge is 0.132 e. The minimum Gasteiger partial charge on any atom is -0.393 e. The number of aliphatic hydroxyl groups excluding tert-OH is 1. The third-order valence-corrected chi connectivity index (χ3v) is 10.1. The van der Waals surface area contributed by atoms with Gasteiger partial charge in [-0.1, -0.05) is 20.3 Å². The lowest BCUT2D eigenvalue weighted by Gasteiger charge is -2.64. The highest BCUT2D eigenvalue weighted by molar-refractivity contribution is 5.78. The van der Waals surface area contributed by atoms with E-state index < -0.39 is 0 Å². The molecule has 1 N–H and O–H groups in total. The van der Waals surface area contributed by atoms with Gasteiger partial charge in [-0.2, -0.15) is 0 Å². The molecule has 0 aromatic heterocycles. The molecule has 0 aromatic rings. The molecular formula is C24H40O2. The number of rotatable bonds is 2. The van der Waals surface area contributed by atoms with Crippen LogP contribution in [0.25, 0.3) is 0 Å². The summed E-state index contributed by atoms with van der Waals surface area (Å²) < 4.78 is 0. The zero-order valence-electron chi connectivity index (χ0n) is 17.5. The molecule has 9 atom stereocenters. The second-order valence-electron chi connectivity index (χ2n) is 11.1. The molecule has 2 heteroatoms. The molecule has 0 aliphatic heterocycles. The molecule has 148 valence electrons. The first-order chi connectivity index (χ1) is 12.3. The summed E-state index contributed by atoms with van der Waals surface area (Å²) in [4.78, 5) is 12.0. The van der Waals surface area contributed by atoms with E-state index in [0.29, 0.717) is 28.4 Å². The number of ketones is 1. The number of aliphatic hydroxyl groups is 1. The summed E-state index contributed by atoms with van der Waals surface area (Å²) in [7, 11) is 0. The van der Waals surface area contributed by atoms with E-state index >= 15 is 0 Å². The van der Waals surface area contributed by atoms with Gasteiger partial charge in [0.25, 0.3) is 0 Å². The van der Waals surface area contributed by atoms with E-state index in [0.717, 1.165) is 36.5 Å². The van der Waals surface area contributed by atoms with Crippen molar-refractivity contribution < 1.29 is 9.90 Å². The van der Waals surface area contributed by atoms with Crippen LogP contribution in [-0.4, -0.2) is 17.0 Å². The van der Waals surface area contributed by atoms with Crippen molar-refractivity contribution in [1.29, 1.82) is 0 Å². The molecular weight excluding hydrogens is 320 g/mol. The molecule has 0 bridgehead atoms.